The van der Waals surface area contributed by atoms with Gasteiger partial charge in [0.25, 0.3) is 10.0 Å². The van der Waals surface area contributed by atoms with E-state index < -0.39 is 10.0 Å². The van der Waals surface area contributed by atoms with Gasteiger partial charge in [-0.15, -0.1) is 0 Å². The molecule has 1 aromatic heterocycles. The molecule has 0 fully saturated rings. The molecule has 0 saturated carbocycles. The predicted octanol–water partition coefficient (Wildman–Crippen LogP) is 2.85. The van der Waals surface area contributed by atoms with Crippen LogP contribution < -0.4 is 9.47 Å². The summed E-state index contributed by atoms with van der Waals surface area (Å²) in [6, 6.07) is 16.3. The minimum Gasteiger partial charge on any atom is -0.497 e. The standard InChI is InChI=1S/C23H30N4O4S/c1-25(2)15-16-26-14-13-23(24-26)32(28,29)27(17-19-5-9-21(30-3)10-6-19)18-20-7-11-22(31-4)12-8-20/h5-14H,15-18H2,1-4H3. The molecule has 0 aliphatic carbocycles. The van der Waals surface area contributed by atoms with Crippen molar-refractivity contribution >= 4 is 10.0 Å². The average molecular weight is 459 g/mol. The molecule has 32 heavy (non-hydrogen) atoms. The predicted molar refractivity (Wildman–Crippen MR) is 123 cm³/mol. The van der Waals surface area contributed by atoms with Crippen LogP contribution in [0.1, 0.15) is 11.1 Å². The molecule has 0 atom stereocenters. The lowest BCUT2D eigenvalue weighted by Crippen LogP contribution is -2.31. The summed E-state index contributed by atoms with van der Waals surface area (Å²) in [4.78, 5) is 2.02. The molecule has 2 aromatic carbocycles. The van der Waals surface area contributed by atoms with E-state index in [1.807, 2.05) is 67.5 Å². The normalized spacial score (nSPS) is 11.8. The highest BCUT2D eigenvalue weighted by atomic mass is 32.2. The Balaban J connectivity index is 1.88. The van der Waals surface area contributed by atoms with Crippen LogP contribution in [0, 0.1) is 0 Å². The molecule has 9 heteroatoms. The van der Waals surface area contributed by atoms with Gasteiger partial charge in [-0.05, 0) is 55.6 Å². The molecule has 1 heterocycles. The second-order valence-corrected chi connectivity index (χ2v) is 9.57. The van der Waals surface area contributed by atoms with Crippen molar-refractivity contribution in [1.29, 1.82) is 0 Å². The third-order valence-corrected chi connectivity index (χ3v) is 6.72. The smallest absolute Gasteiger partial charge is 0.262 e. The van der Waals surface area contributed by atoms with Crippen LogP contribution in [-0.4, -0.2) is 62.3 Å². The molecule has 0 unspecified atom stereocenters. The highest BCUT2D eigenvalue weighted by molar-refractivity contribution is 7.89. The maximum Gasteiger partial charge on any atom is 0.262 e. The number of hydrogen-bond acceptors (Lipinski definition) is 6. The van der Waals surface area contributed by atoms with Crippen LogP contribution in [0.5, 0.6) is 11.5 Å². The highest BCUT2D eigenvalue weighted by Crippen LogP contribution is 2.22. The van der Waals surface area contributed by atoms with E-state index in [1.165, 1.54) is 4.31 Å². The minimum absolute atomic E-state index is 0.0401. The van der Waals surface area contributed by atoms with E-state index in [0.717, 1.165) is 29.2 Å². The third-order valence-electron chi connectivity index (χ3n) is 5.03. The number of aromatic nitrogens is 2. The number of sulfonamides is 1. The van der Waals surface area contributed by atoms with Gasteiger partial charge in [0.05, 0.1) is 20.8 Å². The summed E-state index contributed by atoms with van der Waals surface area (Å²) in [5, 5.41) is 4.37. The lowest BCUT2D eigenvalue weighted by Gasteiger charge is -2.21. The molecule has 0 radical (unpaired) electrons. The van der Waals surface area contributed by atoms with Crippen molar-refractivity contribution in [3.63, 3.8) is 0 Å². The molecule has 172 valence electrons. The van der Waals surface area contributed by atoms with Gasteiger partial charge in [0, 0.05) is 25.8 Å². The maximum atomic E-state index is 13.5. The van der Waals surface area contributed by atoms with Crippen molar-refractivity contribution in [2.75, 3.05) is 34.9 Å². The van der Waals surface area contributed by atoms with Crippen molar-refractivity contribution in [3.8, 4) is 11.5 Å². The topological polar surface area (TPSA) is 76.9 Å². The first-order valence-corrected chi connectivity index (χ1v) is 11.7. The minimum atomic E-state index is -3.82. The number of rotatable bonds is 11. The number of ether oxygens (including phenoxy) is 2. The zero-order chi connectivity index (χ0) is 23.1. The van der Waals surface area contributed by atoms with Gasteiger partial charge >= 0.3 is 0 Å². The van der Waals surface area contributed by atoms with E-state index in [0.29, 0.717) is 6.54 Å². The fraction of sp³-hybridized carbons (Fsp3) is 0.348. The molecule has 0 aliphatic heterocycles. The zero-order valence-electron chi connectivity index (χ0n) is 18.9. The zero-order valence-corrected chi connectivity index (χ0v) is 19.7. The number of hydrogen-bond donors (Lipinski definition) is 0. The fourth-order valence-corrected chi connectivity index (χ4v) is 4.48. The van der Waals surface area contributed by atoms with Crippen molar-refractivity contribution in [2.45, 2.75) is 24.7 Å². The quantitative estimate of drug-likeness (QED) is 0.440. The number of likely N-dealkylation sites (N-methyl/N-ethyl adjacent to an activating group) is 1. The first-order chi connectivity index (χ1) is 15.3. The SMILES string of the molecule is COc1ccc(CN(Cc2ccc(OC)cc2)S(=O)(=O)c2ccn(CCN(C)C)n2)cc1. The average Bonchev–Trinajstić information content (AvgIpc) is 3.28. The van der Waals surface area contributed by atoms with Gasteiger partial charge in [-0.2, -0.15) is 9.40 Å². The molecule has 8 nitrogen and oxygen atoms in total. The second-order valence-electron chi connectivity index (χ2n) is 7.69. The second kappa shape index (κ2) is 10.6. The van der Waals surface area contributed by atoms with Crippen LogP contribution in [-0.2, 0) is 29.7 Å². The third kappa shape index (κ3) is 6.09. The molecule has 0 saturated heterocycles. The first kappa shape index (κ1) is 23.8. The Morgan fingerprint density at radius 1 is 0.844 bits per heavy atom. The lowest BCUT2D eigenvalue weighted by atomic mass is 10.2. The van der Waals surface area contributed by atoms with Gasteiger partial charge in [-0.25, -0.2) is 8.42 Å². The van der Waals surface area contributed by atoms with E-state index in [4.69, 9.17) is 9.47 Å². The first-order valence-electron chi connectivity index (χ1n) is 10.3. The van der Waals surface area contributed by atoms with Crippen molar-refractivity contribution in [1.82, 2.24) is 19.0 Å². The van der Waals surface area contributed by atoms with Crippen LogP contribution in [0.25, 0.3) is 0 Å². The summed E-state index contributed by atoms with van der Waals surface area (Å²) in [6.45, 7) is 1.80. The van der Waals surface area contributed by atoms with Crippen LogP contribution in [0.15, 0.2) is 65.8 Å². The van der Waals surface area contributed by atoms with Crippen LogP contribution in [0.2, 0.25) is 0 Å². The van der Waals surface area contributed by atoms with Crippen molar-refractivity contribution < 1.29 is 17.9 Å². The van der Waals surface area contributed by atoms with Crippen LogP contribution >= 0.6 is 0 Å². The molecule has 0 N–H and O–H groups in total. The van der Waals surface area contributed by atoms with Crippen molar-refractivity contribution in [3.05, 3.63) is 71.9 Å². The number of benzene rings is 2. The molecule has 0 amide bonds. The summed E-state index contributed by atoms with van der Waals surface area (Å²) in [5.74, 6) is 1.44. The summed E-state index contributed by atoms with van der Waals surface area (Å²) >= 11 is 0. The van der Waals surface area contributed by atoms with E-state index in [9.17, 15) is 8.42 Å². The molecule has 0 spiro atoms. The lowest BCUT2D eigenvalue weighted by molar-refractivity contribution is 0.369. The Bertz CT molecular complexity index is 1040. The molecular formula is C23H30N4O4S. The molecule has 3 aromatic rings. The largest absolute Gasteiger partial charge is 0.497 e. The van der Waals surface area contributed by atoms with Gasteiger partial charge in [-0.1, -0.05) is 24.3 Å². The molecular weight excluding hydrogens is 428 g/mol. The van der Waals surface area contributed by atoms with Crippen LogP contribution in [0.4, 0.5) is 0 Å². The van der Waals surface area contributed by atoms with Crippen molar-refractivity contribution in [2.24, 2.45) is 0 Å². The van der Waals surface area contributed by atoms with Crippen LogP contribution in [0.3, 0.4) is 0 Å². The summed E-state index contributed by atoms with van der Waals surface area (Å²) in [5.41, 5.74) is 1.71. The Morgan fingerprint density at radius 2 is 1.34 bits per heavy atom. The van der Waals surface area contributed by atoms with E-state index >= 15 is 0 Å². The Hall–Kier alpha value is -2.88. The Labute approximate surface area is 190 Å². The maximum absolute atomic E-state index is 13.5. The van der Waals surface area contributed by atoms with Gasteiger partial charge in [0.1, 0.15) is 11.5 Å². The fourth-order valence-electron chi connectivity index (χ4n) is 3.13. The monoisotopic (exact) mass is 458 g/mol. The van der Waals surface area contributed by atoms with E-state index in [1.54, 1.807) is 31.2 Å². The molecule has 0 aliphatic rings. The Morgan fingerprint density at radius 3 is 1.78 bits per heavy atom. The van der Waals surface area contributed by atoms with Gasteiger partial charge in [0.15, 0.2) is 5.03 Å². The number of nitrogens with zero attached hydrogens (tertiary/aromatic N) is 4. The van der Waals surface area contributed by atoms with Gasteiger partial charge in [-0.3, -0.25) is 4.68 Å². The summed E-state index contributed by atoms with van der Waals surface area (Å²) < 4.78 is 40.6. The van der Waals surface area contributed by atoms with Gasteiger partial charge < -0.3 is 14.4 Å². The molecule has 3 rings (SSSR count). The van der Waals surface area contributed by atoms with Gasteiger partial charge in [0.2, 0.25) is 0 Å². The Kier molecular flexibility index (Phi) is 7.89. The highest BCUT2D eigenvalue weighted by Gasteiger charge is 2.27. The molecule has 0 bridgehead atoms. The van der Waals surface area contributed by atoms with E-state index in [-0.39, 0.29) is 18.1 Å². The summed E-state index contributed by atoms with van der Waals surface area (Å²) in [7, 11) is 3.31. The van der Waals surface area contributed by atoms with E-state index in [2.05, 4.69) is 5.10 Å². The summed E-state index contributed by atoms with van der Waals surface area (Å²) in [6.07, 6.45) is 1.70. The number of methoxy groups -OCH3 is 2.